The molecular formula is C29H28Cl3N3O4. The standard InChI is InChI=1S/C29H28Cl3N3O4/c30-17-12-18(31)14-20(13-17)34-26(36)23-22-10-11-29(39-22)24(23)28(38)35(15-16-6-4-5-9-21(16)32)25(29)27(37)33-19-7-2-1-3-8-19/h4-6,9-14,19,22-25H,1-3,7-8,15H2,(H,33,37)(H,34,36)/t22-,23+,24-,25+,29-/m0/s1. The van der Waals surface area contributed by atoms with E-state index in [1.807, 2.05) is 18.2 Å². The van der Waals surface area contributed by atoms with Crippen molar-refractivity contribution in [3.63, 3.8) is 0 Å². The number of carbonyl (C=O) groups excluding carboxylic acids is 3. The van der Waals surface area contributed by atoms with Gasteiger partial charge in [0.15, 0.2) is 0 Å². The number of fused-ring (bicyclic) bond motifs is 1. The van der Waals surface area contributed by atoms with E-state index in [-0.39, 0.29) is 24.4 Å². The highest BCUT2D eigenvalue weighted by Crippen LogP contribution is 2.55. The van der Waals surface area contributed by atoms with Crippen LogP contribution in [0.2, 0.25) is 15.1 Å². The number of benzene rings is 2. The third kappa shape index (κ3) is 4.73. The van der Waals surface area contributed by atoms with E-state index in [1.54, 1.807) is 36.4 Å². The van der Waals surface area contributed by atoms with Crippen LogP contribution in [0.5, 0.6) is 0 Å². The van der Waals surface area contributed by atoms with Crippen LogP contribution in [-0.4, -0.2) is 46.4 Å². The molecule has 1 spiro atoms. The Balaban J connectivity index is 1.34. The van der Waals surface area contributed by atoms with E-state index in [0.29, 0.717) is 26.3 Å². The summed E-state index contributed by atoms with van der Waals surface area (Å²) in [6.45, 7) is 0.125. The third-order valence-electron chi connectivity index (χ3n) is 8.31. The van der Waals surface area contributed by atoms with Crippen molar-refractivity contribution in [1.29, 1.82) is 0 Å². The van der Waals surface area contributed by atoms with Gasteiger partial charge in [0.1, 0.15) is 11.6 Å². The van der Waals surface area contributed by atoms with Crippen molar-refractivity contribution >= 4 is 58.2 Å². The van der Waals surface area contributed by atoms with Crippen LogP contribution in [0.25, 0.3) is 0 Å². The normalized spacial score (nSPS) is 29.5. The van der Waals surface area contributed by atoms with E-state index >= 15 is 0 Å². The number of nitrogens with one attached hydrogen (secondary N) is 2. The summed E-state index contributed by atoms with van der Waals surface area (Å²) < 4.78 is 6.41. The van der Waals surface area contributed by atoms with Gasteiger partial charge in [-0.25, -0.2) is 0 Å². The lowest BCUT2D eigenvalue weighted by atomic mass is 9.74. The Bertz CT molecular complexity index is 1340. The minimum Gasteiger partial charge on any atom is -0.359 e. The lowest BCUT2D eigenvalue weighted by Crippen LogP contribution is -2.56. The Morgan fingerprint density at radius 2 is 1.72 bits per heavy atom. The predicted octanol–water partition coefficient (Wildman–Crippen LogP) is 5.39. The summed E-state index contributed by atoms with van der Waals surface area (Å²) in [5.41, 5.74) is -0.119. The van der Waals surface area contributed by atoms with Crippen LogP contribution in [0, 0.1) is 11.8 Å². The number of likely N-dealkylation sites (tertiary alicyclic amines) is 1. The van der Waals surface area contributed by atoms with Gasteiger partial charge in [-0.15, -0.1) is 0 Å². The number of rotatable bonds is 6. The Kier molecular flexibility index (Phi) is 7.12. The van der Waals surface area contributed by atoms with E-state index < -0.39 is 35.5 Å². The summed E-state index contributed by atoms with van der Waals surface area (Å²) in [6, 6.07) is 11.1. The molecule has 2 N–H and O–H groups in total. The summed E-state index contributed by atoms with van der Waals surface area (Å²) in [7, 11) is 0. The monoisotopic (exact) mass is 587 g/mol. The van der Waals surface area contributed by atoms with Gasteiger partial charge in [0.2, 0.25) is 17.7 Å². The van der Waals surface area contributed by atoms with E-state index in [4.69, 9.17) is 39.5 Å². The van der Waals surface area contributed by atoms with Crippen LogP contribution in [0.15, 0.2) is 54.6 Å². The van der Waals surface area contributed by atoms with Crippen molar-refractivity contribution in [3.8, 4) is 0 Å². The molecular weight excluding hydrogens is 561 g/mol. The fourth-order valence-corrected chi connectivity index (χ4v) is 7.35. The Morgan fingerprint density at radius 3 is 2.44 bits per heavy atom. The zero-order valence-electron chi connectivity index (χ0n) is 21.0. The number of ether oxygens (including phenoxy) is 1. The molecule has 2 bridgehead atoms. The maximum absolute atomic E-state index is 14.1. The maximum Gasteiger partial charge on any atom is 0.246 e. The van der Waals surface area contributed by atoms with Crippen molar-refractivity contribution in [2.45, 2.75) is 62.4 Å². The molecule has 6 rings (SSSR count). The predicted molar refractivity (Wildman–Crippen MR) is 150 cm³/mol. The SMILES string of the molecule is O=C(Nc1cc(Cl)cc(Cl)c1)[C@@H]1[C@@H]2C=C[C@]3(O2)[C@@H]1C(=O)N(Cc1ccccc1Cl)[C@@H]3C(=O)NC1CCCCC1. The molecule has 3 fully saturated rings. The molecule has 0 radical (unpaired) electrons. The maximum atomic E-state index is 14.1. The zero-order valence-corrected chi connectivity index (χ0v) is 23.3. The van der Waals surface area contributed by atoms with Crippen molar-refractivity contribution in [1.82, 2.24) is 10.2 Å². The van der Waals surface area contributed by atoms with Crippen LogP contribution < -0.4 is 10.6 Å². The number of hydrogen-bond donors (Lipinski definition) is 2. The van der Waals surface area contributed by atoms with Gasteiger partial charge in [-0.2, -0.15) is 0 Å². The number of halogens is 3. The van der Waals surface area contributed by atoms with Gasteiger partial charge in [-0.05, 0) is 42.7 Å². The fraction of sp³-hybridized carbons (Fsp3) is 0.414. The largest absolute Gasteiger partial charge is 0.359 e. The van der Waals surface area contributed by atoms with Gasteiger partial charge in [-0.1, -0.05) is 84.4 Å². The van der Waals surface area contributed by atoms with Crippen LogP contribution in [0.4, 0.5) is 5.69 Å². The molecule has 3 aliphatic heterocycles. The van der Waals surface area contributed by atoms with Crippen LogP contribution in [0.1, 0.15) is 37.7 Å². The summed E-state index contributed by atoms with van der Waals surface area (Å²) >= 11 is 18.7. The molecule has 39 heavy (non-hydrogen) atoms. The van der Waals surface area contributed by atoms with E-state index in [2.05, 4.69) is 10.6 Å². The summed E-state index contributed by atoms with van der Waals surface area (Å²) in [4.78, 5) is 43.2. The van der Waals surface area contributed by atoms with Crippen LogP contribution in [0.3, 0.4) is 0 Å². The summed E-state index contributed by atoms with van der Waals surface area (Å²) in [5.74, 6) is -2.67. The highest BCUT2D eigenvalue weighted by atomic mass is 35.5. The van der Waals surface area contributed by atoms with Gasteiger partial charge in [0.05, 0.1) is 17.9 Å². The molecule has 2 saturated heterocycles. The van der Waals surface area contributed by atoms with Crippen LogP contribution >= 0.6 is 34.8 Å². The number of carbonyl (C=O) groups is 3. The smallest absolute Gasteiger partial charge is 0.246 e. The Labute approximate surface area is 241 Å². The first-order valence-corrected chi connectivity index (χ1v) is 14.4. The van der Waals surface area contributed by atoms with Crippen LogP contribution in [-0.2, 0) is 25.7 Å². The topological polar surface area (TPSA) is 87.7 Å². The first-order valence-electron chi connectivity index (χ1n) is 13.3. The van der Waals surface area contributed by atoms with E-state index in [0.717, 1.165) is 32.1 Å². The second-order valence-corrected chi connectivity index (χ2v) is 12.0. The van der Waals surface area contributed by atoms with Crippen molar-refractivity contribution in [2.24, 2.45) is 11.8 Å². The molecule has 5 atom stereocenters. The number of nitrogens with zero attached hydrogens (tertiary/aromatic N) is 1. The molecule has 1 saturated carbocycles. The van der Waals surface area contributed by atoms with Gasteiger partial charge in [0, 0.05) is 33.3 Å². The zero-order chi connectivity index (χ0) is 27.3. The lowest BCUT2D eigenvalue weighted by molar-refractivity contribution is -0.142. The first kappa shape index (κ1) is 26.6. The molecule has 2 aromatic carbocycles. The van der Waals surface area contributed by atoms with Gasteiger partial charge < -0.3 is 20.3 Å². The molecule has 1 aliphatic carbocycles. The van der Waals surface area contributed by atoms with E-state index in [9.17, 15) is 14.4 Å². The second kappa shape index (κ2) is 10.4. The molecule has 0 aromatic heterocycles. The molecule has 4 aliphatic rings. The highest BCUT2D eigenvalue weighted by Gasteiger charge is 2.72. The number of hydrogen-bond acceptors (Lipinski definition) is 4. The molecule has 3 amide bonds. The Hall–Kier alpha value is -2.58. The van der Waals surface area contributed by atoms with Gasteiger partial charge in [-0.3, -0.25) is 14.4 Å². The lowest BCUT2D eigenvalue weighted by Gasteiger charge is -2.34. The molecule has 0 unspecified atom stereocenters. The molecule has 7 nitrogen and oxygen atoms in total. The first-order chi connectivity index (χ1) is 18.8. The number of anilines is 1. The quantitative estimate of drug-likeness (QED) is 0.444. The van der Waals surface area contributed by atoms with E-state index in [1.165, 1.54) is 4.90 Å². The molecule has 10 heteroatoms. The molecule has 2 aromatic rings. The minimum atomic E-state index is -1.25. The average Bonchev–Trinajstić information content (AvgIpc) is 3.53. The van der Waals surface area contributed by atoms with Crippen molar-refractivity contribution < 1.29 is 19.1 Å². The van der Waals surface area contributed by atoms with Gasteiger partial charge >= 0.3 is 0 Å². The van der Waals surface area contributed by atoms with Crippen molar-refractivity contribution in [3.05, 3.63) is 75.2 Å². The second-order valence-electron chi connectivity index (χ2n) is 10.7. The Morgan fingerprint density at radius 1 is 1.00 bits per heavy atom. The fourth-order valence-electron chi connectivity index (χ4n) is 6.63. The molecule has 204 valence electrons. The van der Waals surface area contributed by atoms with Gasteiger partial charge in [0.25, 0.3) is 0 Å². The highest BCUT2D eigenvalue weighted by molar-refractivity contribution is 6.35. The molecule has 3 heterocycles. The van der Waals surface area contributed by atoms with Crippen molar-refractivity contribution in [2.75, 3.05) is 5.32 Å². The average molecular weight is 589 g/mol. The minimum absolute atomic E-state index is 0.0493. The summed E-state index contributed by atoms with van der Waals surface area (Å²) in [5, 5.41) is 7.29. The number of amides is 3. The third-order valence-corrected chi connectivity index (χ3v) is 9.11. The summed E-state index contributed by atoms with van der Waals surface area (Å²) in [6.07, 6.45) is 8.03.